The first-order chi connectivity index (χ1) is 8.82. The lowest BCUT2D eigenvalue weighted by Gasteiger charge is -2.16. The van der Waals surface area contributed by atoms with Crippen LogP contribution >= 0.6 is 15.9 Å². The van der Waals surface area contributed by atoms with Crippen molar-refractivity contribution in [3.05, 3.63) is 50.8 Å². The van der Waals surface area contributed by atoms with E-state index in [1.807, 2.05) is 44.4 Å². The molecule has 0 saturated carbocycles. The van der Waals surface area contributed by atoms with E-state index in [0.717, 1.165) is 32.7 Å². The third-order valence-electron chi connectivity index (χ3n) is 3.34. The number of nitrogens with zero attached hydrogens (tertiary/aromatic N) is 1. The Bertz CT molecular complexity index is 648. The van der Waals surface area contributed by atoms with Gasteiger partial charge in [0.25, 0.3) is 0 Å². The molecule has 0 bridgehead atoms. The molecule has 100 valence electrons. The fourth-order valence-electron chi connectivity index (χ4n) is 2.58. The SMILES string of the molecule is Cc1cc(Br)cc(C)c1-n1c(C)cc(C(=O)O)c1C. The molecule has 0 unspecified atom stereocenters. The molecular formula is C15H16BrNO2. The summed E-state index contributed by atoms with van der Waals surface area (Å²) in [6.07, 6.45) is 0. The summed E-state index contributed by atoms with van der Waals surface area (Å²) < 4.78 is 3.05. The normalized spacial score (nSPS) is 10.8. The molecule has 0 fully saturated rings. The molecule has 2 aromatic rings. The summed E-state index contributed by atoms with van der Waals surface area (Å²) in [4.78, 5) is 11.2. The highest BCUT2D eigenvalue weighted by Gasteiger charge is 2.18. The van der Waals surface area contributed by atoms with Gasteiger partial charge in [-0.25, -0.2) is 4.79 Å². The molecule has 0 radical (unpaired) electrons. The second-order valence-corrected chi connectivity index (χ2v) is 5.73. The third kappa shape index (κ3) is 2.32. The number of hydrogen-bond donors (Lipinski definition) is 1. The first-order valence-corrected chi connectivity index (χ1v) is 6.81. The van der Waals surface area contributed by atoms with Crippen molar-refractivity contribution < 1.29 is 9.90 Å². The Morgan fingerprint density at radius 3 is 2.05 bits per heavy atom. The summed E-state index contributed by atoms with van der Waals surface area (Å²) in [5, 5.41) is 9.21. The lowest BCUT2D eigenvalue weighted by molar-refractivity contribution is 0.0696. The summed E-state index contributed by atoms with van der Waals surface area (Å²) in [5.41, 5.74) is 5.35. The van der Waals surface area contributed by atoms with Crippen molar-refractivity contribution in [3.8, 4) is 5.69 Å². The van der Waals surface area contributed by atoms with E-state index in [2.05, 4.69) is 15.9 Å². The third-order valence-corrected chi connectivity index (χ3v) is 3.80. The molecule has 1 aromatic heterocycles. The van der Waals surface area contributed by atoms with Crippen molar-refractivity contribution in [2.24, 2.45) is 0 Å². The number of hydrogen-bond acceptors (Lipinski definition) is 1. The van der Waals surface area contributed by atoms with Gasteiger partial charge in [-0.1, -0.05) is 15.9 Å². The van der Waals surface area contributed by atoms with Crippen LogP contribution in [0.2, 0.25) is 0 Å². The van der Waals surface area contributed by atoms with E-state index in [1.165, 1.54) is 0 Å². The van der Waals surface area contributed by atoms with Gasteiger partial charge in [-0.05, 0) is 57.0 Å². The molecule has 0 atom stereocenters. The van der Waals surface area contributed by atoms with Crippen LogP contribution in [0.5, 0.6) is 0 Å². The monoisotopic (exact) mass is 321 g/mol. The van der Waals surface area contributed by atoms with Gasteiger partial charge >= 0.3 is 5.97 Å². The number of aryl methyl sites for hydroxylation is 3. The van der Waals surface area contributed by atoms with Gasteiger partial charge in [0.15, 0.2) is 0 Å². The highest BCUT2D eigenvalue weighted by molar-refractivity contribution is 9.10. The average Bonchev–Trinajstić information content (AvgIpc) is 2.55. The summed E-state index contributed by atoms with van der Waals surface area (Å²) in [6.45, 7) is 7.84. The number of carboxylic acid groups (broad SMARTS) is 1. The minimum absolute atomic E-state index is 0.360. The van der Waals surface area contributed by atoms with E-state index in [9.17, 15) is 9.90 Å². The van der Waals surface area contributed by atoms with Gasteiger partial charge in [-0.2, -0.15) is 0 Å². The van der Waals surface area contributed by atoms with E-state index in [4.69, 9.17) is 0 Å². The van der Waals surface area contributed by atoms with Crippen LogP contribution in [0.1, 0.15) is 32.9 Å². The van der Waals surface area contributed by atoms with E-state index in [-0.39, 0.29) is 0 Å². The molecule has 3 nitrogen and oxygen atoms in total. The lowest BCUT2D eigenvalue weighted by Crippen LogP contribution is -2.06. The smallest absolute Gasteiger partial charge is 0.337 e. The van der Waals surface area contributed by atoms with Crippen LogP contribution < -0.4 is 0 Å². The number of carboxylic acids is 1. The van der Waals surface area contributed by atoms with Crippen LogP contribution in [0.25, 0.3) is 5.69 Å². The van der Waals surface area contributed by atoms with Crippen LogP contribution in [-0.4, -0.2) is 15.6 Å². The van der Waals surface area contributed by atoms with E-state index in [1.54, 1.807) is 6.07 Å². The van der Waals surface area contributed by atoms with Crippen molar-refractivity contribution in [2.75, 3.05) is 0 Å². The van der Waals surface area contributed by atoms with E-state index >= 15 is 0 Å². The summed E-state index contributed by atoms with van der Waals surface area (Å²) in [7, 11) is 0. The molecule has 4 heteroatoms. The zero-order chi connectivity index (χ0) is 14.3. The van der Waals surface area contributed by atoms with E-state index < -0.39 is 5.97 Å². The number of aromatic nitrogens is 1. The average molecular weight is 322 g/mol. The van der Waals surface area contributed by atoms with Gasteiger partial charge < -0.3 is 9.67 Å². The molecule has 1 heterocycles. The zero-order valence-electron chi connectivity index (χ0n) is 11.4. The molecule has 2 rings (SSSR count). The fourth-order valence-corrected chi connectivity index (χ4v) is 3.27. The van der Waals surface area contributed by atoms with Crippen LogP contribution in [0.4, 0.5) is 0 Å². The minimum atomic E-state index is -0.883. The maximum atomic E-state index is 11.2. The van der Waals surface area contributed by atoms with Crippen molar-refractivity contribution in [3.63, 3.8) is 0 Å². The molecule has 19 heavy (non-hydrogen) atoms. The molecule has 0 aliphatic carbocycles. The number of benzene rings is 1. The molecule has 0 amide bonds. The van der Waals surface area contributed by atoms with Crippen LogP contribution in [0, 0.1) is 27.7 Å². The Hall–Kier alpha value is -1.55. The molecular weight excluding hydrogens is 306 g/mol. The fraction of sp³-hybridized carbons (Fsp3) is 0.267. The maximum absolute atomic E-state index is 11.2. The number of aromatic carboxylic acids is 1. The molecule has 0 spiro atoms. The van der Waals surface area contributed by atoms with Crippen LogP contribution in [0.15, 0.2) is 22.7 Å². The Kier molecular flexibility index (Phi) is 3.54. The Morgan fingerprint density at radius 2 is 1.63 bits per heavy atom. The first-order valence-electron chi connectivity index (χ1n) is 6.02. The highest BCUT2D eigenvalue weighted by Crippen LogP contribution is 2.28. The van der Waals surface area contributed by atoms with Gasteiger partial charge in [-0.3, -0.25) is 0 Å². The Balaban J connectivity index is 2.77. The van der Waals surface area contributed by atoms with Gasteiger partial charge in [0.1, 0.15) is 0 Å². The molecule has 0 aliphatic heterocycles. The summed E-state index contributed by atoms with van der Waals surface area (Å²) in [5.74, 6) is -0.883. The lowest BCUT2D eigenvalue weighted by atomic mass is 10.1. The van der Waals surface area contributed by atoms with Gasteiger partial charge in [0.05, 0.1) is 11.3 Å². The van der Waals surface area contributed by atoms with Crippen molar-refractivity contribution >= 4 is 21.9 Å². The second-order valence-electron chi connectivity index (χ2n) is 4.81. The molecule has 0 saturated heterocycles. The zero-order valence-corrected chi connectivity index (χ0v) is 13.0. The molecule has 0 aliphatic rings. The quantitative estimate of drug-likeness (QED) is 0.901. The second kappa shape index (κ2) is 4.85. The number of rotatable bonds is 2. The largest absolute Gasteiger partial charge is 0.478 e. The van der Waals surface area contributed by atoms with Crippen molar-refractivity contribution in [1.82, 2.24) is 4.57 Å². The number of carbonyl (C=O) groups is 1. The standard InChI is InChI=1S/C15H16BrNO2/c1-8-5-12(16)6-9(2)14(8)17-10(3)7-13(11(17)4)15(18)19/h5-7H,1-4H3,(H,18,19). The van der Waals surface area contributed by atoms with E-state index in [0.29, 0.717) is 5.56 Å². The van der Waals surface area contributed by atoms with Crippen molar-refractivity contribution in [2.45, 2.75) is 27.7 Å². The summed E-state index contributed by atoms with van der Waals surface area (Å²) in [6, 6.07) is 5.81. The Labute approximate surface area is 121 Å². The van der Waals surface area contributed by atoms with Gasteiger partial charge in [0, 0.05) is 15.9 Å². The van der Waals surface area contributed by atoms with Crippen LogP contribution in [0.3, 0.4) is 0 Å². The maximum Gasteiger partial charge on any atom is 0.337 e. The minimum Gasteiger partial charge on any atom is -0.478 e. The topological polar surface area (TPSA) is 42.2 Å². The number of halogens is 1. The predicted molar refractivity (Wildman–Crippen MR) is 79.4 cm³/mol. The molecule has 1 N–H and O–H groups in total. The van der Waals surface area contributed by atoms with Crippen molar-refractivity contribution in [1.29, 1.82) is 0 Å². The predicted octanol–water partition coefficient (Wildman–Crippen LogP) is 4.17. The Morgan fingerprint density at radius 1 is 1.11 bits per heavy atom. The highest BCUT2D eigenvalue weighted by atomic mass is 79.9. The van der Waals surface area contributed by atoms with Gasteiger partial charge in [-0.15, -0.1) is 0 Å². The first kappa shape index (κ1) is 13.9. The summed E-state index contributed by atoms with van der Waals surface area (Å²) >= 11 is 3.48. The van der Waals surface area contributed by atoms with Crippen LogP contribution in [-0.2, 0) is 0 Å². The molecule has 1 aromatic carbocycles. The van der Waals surface area contributed by atoms with Gasteiger partial charge in [0.2, 0.25) is 0 Å².